The highest BCUT2D eigenvalue weighted by atomic mass is 19.1. The fraction of sp³-hybridized carbons (Fsp3) is 0.300. The molecular formula is C20H21FN4O8. The molecule has 33 heavy (non-hydrogen) atoms. The van der Waals surface area contributed by atoms with Crippen LogP contribution in [0.25, 0.3) is 0 Å². The van der Waals surface area contributed by atoms with Gasteiger partial charge < -0.3 is 21.3 Å². The van der Waals surface area contributed by atoms with Gasteiger partial charge in [0.15, 0.2) is 0 Å². The average Bonchev–Trinajstić information content (AvgIpc) is 3.67. The molecule has 4 rings (SSSR count). The van der Waals surface area contributed by atoms with E-state index in [2.05, 4.69) is 5.32 Å². The van der Waals surface area contributed by atoms with Crippen LogP contribution in [0.1, 0.15) is 46.4 Å². The standard InChI is InChI=1S/C10H10N2O4.C7H4FNO4.C3H7N/c13-10(14)6-1-4-9(12(15)16)8(5-6)11-7-2-3-7;8-5-3-4(7(10)11)1-2-6(5)9(12)13;4-3-1-2-3/h1,4-5,7,11H,2-3H2,(H,13,14);1-3H,(H,10,11);3H,1-2,4H2. The fourth-order valence-electron chi connectivity index (χ4n) is 2.28. The van der Waals surface area contributed by atoms with E-state index in [0.717, 1.165) is 25.0 Å². The van der Waals surface area contributed by atoms with Crippen LogP contribution >= 0.6 is 0 Å². The van der Waals surface area contributed by atoms with Crippen molar-refractivity contribution in [1.82, 2.24) is 0 Å². The second-order valence-corrected chi connectivity index (χ2v) is 7.28. The van der Waals surface area contributed by atoms with Gasteiger partial charge in [0.25, 0.3) is 5.69 Å². The molecule has 0 unspecified atom stereocenters. The first-order valence-corrected chi connectivity index (χ1v) is 9.70. The summed E-state index contributed by atoms with van der Waals surface area (Å²) in [5.74, 6) is -3.56. The van der Waals surface area contributed by atoms with Gasteiger partial charge in [0, 0.05) is 24.2 Å². The Labute approximate surface area is 186 Å². The average molecular weight is 464 g/mol. The van der Waals surface area contributed by atoms with Crippen molar-refractivity contribution in [3.8, 4) is 0 Å². The smallest absolute Gasteiger partial charge is 0.335 e. The van der Waals surface area contributed by atoms with Crippen molar-refractivity contribution >= 4 is 29.0 Å². The maximum Gasteiger partial charge on any atom is 0.335 e. The van der Waals surface area contributed by atoms with Crippen LogP contribution in [0.3, 0.4) is 0 Å². The van der Waals surface area contributed by atoms with Crippen LogP contribution in [0.5, 0.6) is 0 Å². The van der Waals surface area contributed by atoms with Crippen LogP contribution < -0.4 is 11.1 Å². The van der Waals surface area contributed by atoms with Gasteiger partial charge in [0.2, 0.25) is 5.82 Å². The number of nitrogens with zero attached hydrogens (tertiary/aromatic N) is 2. The second-order valence-electron chi connectivity index (χ2n) is 7.28. The number of nitro groups is 2. The number of nitrogens with two attached hydrogens (primary N) is 1. The Kier molecular flexibility index (Phi) is 8.34. The first-order valence-electron chi connectivity index (χ1n) is 9.70. The zero-order valence-corrected chi connectivity index (χ0v) is 17.1. The van der Waals surface area contributed by atoms with Crippen molar-refractivity contribution in [3.05, 3.63) is 73.6 Å². The second kappa shape index (κ2) is 10.9. The van der Waals surface area contributed by atoms with Crippen molar-refractivity contribution in [1.29, 1.82) is 0 Å². The molecule has 0 amide bonds. The molecule has 12 nitrogen and oxygen atoms in total. The maximum atomic E-state index is 12.8. The Morgan fingerprint density at radius 2 is 1.36 bits per heavy atom. The first kappa shape index (κ1) is 25.1. The number of aromatic carboxylic acids is 2. The molecule has 2 aliphatic carbocycles. The number of hydrogen-bond acceptors (Lipinski definition) is 8. The van der Waals surface area contributed by atoms with Crippen LogP contribution in [0.15, 0.2) is 36.4 Å². The number of halogens is 1. The number of carboxylic acid groups (broad SMARTS) is 2. The summed E-state index contributed by atoms with van der Waals surface area (Å²) in [6.45, 7) is 0. The maximum absolute atomic E-state index is 12.8. The van der Waals surface area contributed by atoms with Crippen LogP contribution in [0.4, 0.5) is 21.5 Å². The Bertz CT molecular complexity index is 1070. The third-order valence-electron chi connectivity index (χ3n) is 4.39. The lowest BCUT2D eigenvalue weighted by Crippen LogP contribution is -2.06. The zero-order valence-electron chi connectivity index (χ0n) is 17.1. The van der Waals surface area contributed by atoms with Crippen molar-refractivity contribution in [3.63, 3.8) is 0 Å². The highest BCUT2D eigenvalue weighted by Gasteiger charge is 2.25. The number of nitro benzene ring substituents is 2. The Balaban J connectivity index is 0.000000203. The number of hydrogen-bond donors (Lipinski definition) is 4. The molecule has 0 spiro atoms. The van der Waals surface area contributed by atoms with E-state index in [-0.39, 0.29) is 28.5 Å². The van der Waals surface area contributed by atoms with E-state index in [1.807, 2.05) is 0 Å². The van der Waals surface area contributed by atoms with E-state index in [4.69, 9.17) is 15.9 Å². The summed E-state index contributed by atoms with van der Waals surface area (Å²) < 4.78 is 12.8. The summed E-state index contributed by atoms with van der Waals surface area (Å²) in [6.07, 6.45) is 4.46. The van der Waals surface area contributed by atoms with Gasteiger partial charge in [-0.25, -0.2) is 9.59 Å². The highest BCUT2D eigenvalue weighted by Crippen LogP contribution is 2.31. The van der Waals surface area contributed by atoms with Gasteiger partial charge in [-0.05, 0) is 49.9 Å². The number of benzene rings is 2. The molecule has 2 saturated carbocycles. The molecule has 2 aliphatic rings. The molecule has 0 saturated heterocycles. The lowest BCUT2D eigenvalue weighted by atomic mass is 10.1. The van der Waals surface area contributed by atoms with Crippen molar-refractivity contribution < 1.29 is 34.0 Å². The number of carbonyl (C=O) groups is 2. The van der Waals surface area contributed by atoms with Crippen molar-refractivity contribution in [2.45, 2.75) is 37.8 Å². The third kappa shape index (κ3) is 8.14. The van der Waals surface area contributed by atoms with Gasteiger partial charge in [-0.1, -0.05) is 0 Å². The van der Waals surface area contributed by atoms with Crippen LogP contribution in [-0.4, -0.2) is 44.1 Å². The van der Waals surface area contributed by atoms with Gasteiger partial charge in [0.05, 0.1) is 21.0 Å². The van der Waals surface area contributed by atoms with Crippen molar-refractivity contribution in [2.24, 2.45) is 5.73 Å². The molecule has 0 heterocycles. The molecule has 0 bridgehead atoms. The monoisotopic (exact) mass is 464 g/mol. The van der Waals surface area contributed by atoms with E-state index in [1.54, 1.807) is 0 Å². The summed E-state index contributed by atoms with van der Waals surface area (Å²) in [7, 11) is 0. The number of nitrogens with one attached hydrogen (secondary N) is 1. The quantitative estimate of drug-likeness (QED) is 0.363. The van der Waals surface area contributed by atoms with Gasteiger partial charge in [-0.15, -0.1) is 0 Å². The summed E-state index contributed by atoms with van der Waals surface area (Å²) in [5, 5.41) is 41.0. The van der Waals surface area contributed by atoms with Gasteiger partial charge in [-0.3, -0.25) is 20.2 Å². The predicted octanol–water partition coefficient (Wildman–Crippen LogP) is 3.41. The van der Waals surface area contributed by atoms with E-state index in [1.165, 1.54) is 31.0 Å². The lowest BCUT2D eigenvalue weighted by molar-refractivity contribution is -0.387. The molecule has 0 radical (unpaired) electrons. The number of anilines is 1. The summed E-state index contributed by atoms with van der Waals surface area (Å²) in [5.41, 5.74) is 4.42. The molecule has 2 aromatic rings. The van der Waals surface area contributed by atoms with Crippen molar-refractivity contribution in [2.75, 3.05) is 5.32 Å². The topological polar surface area (TPSA) is 199 Å². The molecule has 0 atom stereocenters. The van der Waals surface area contributed by atoms with Crippen LogP contribution in [0, 0.1) is 26.0 Å². The number of carboxylic acids is 2. The third-order valence-corrected chi connectivity index (χ3v) is 4.39. The van der Waals surface area contributed by atoms with Gasteiger partial charge in [0.1, 0.15) is 5.69 Å². The van der Waals surface area contributed by atoms with Gasteiger partial charge in [-0.2, -0.15) is 4.39 Å². The summed E-state index contributed by atoms with van der Waals surface area (Å²) in [6, 6.07) is 6.98. The normalized spacial score (nSPS) is 14.0. The molecule has 0 aromatic heterocycles. The van der Waals surface area contributed by atoms with Crippen LogP contribution in [0.2, 0.25) is 0 Å². The molecule has 2 fully saturated rings. The summed E-state index contributed by atoms with van der Waals surface area (Å²) in [4.78, 5) is 40.4. The Morgan fingerprint density at radius 1 is 0.909 bits per heavy atom. The summed E-state index contributed by atoms with van der Waals surface area (Å²) >= 11 is 0. The molecule has 2 aromatic carbocycles. The Morgan fingerprint density at radius 3 is 1.73 bits per heavy atom. The fourth-order valence-corrected chi connectivity index (χ4v) is 2.28. The molecule has 5 N–H and O–H groups in total. The first-order chi connectivity index (χ1) is 15.5. The number of rotatable bonds is 6. The molecule has 13 heteroatoms. The van der Waals surface area contributed by atoms with E-state index in [9.17, 15) is 34.2 Å². The molecule has 176 valence electrons. The highest BCUT2D eigenvalue weighted by molar-refractivity contribution is 5.90. The largest absolute Gasteiger partial charge is 0.478 e. The zero-order chi connectivity index (χ0) is 24.7. The van der Waals surface area contributed by atoms with Gasteiger partial charge >= 0.3 is 17.6 Å². The molecule has 0 aliphatic heterocycles. The SMILES string of the molecule is NC1CC1.O=C(O)c1ccc([N+](=O)[O-])c(F)c1.O=C(O)c1ccc([N+](=O)[O-])c(NC2CC2)c1. The van der Waals surface area contributed by atoms with E-state index in [0.29, 0.717) is 12.1 Å². The minimum absolute atomic E-state index is 0.0498. The van der Waals surface area contributed by atoms with E-state index >= 15 is 0 Å². The lowest BCUT2D eigenvalue weighted by Gasteiger charge is -2.06. The Hall–Kier alpha value is -4.13. The minimum Gasteiger partial charge on any atom is -0.478 e. The predicted molar refractivity (Wildman–Crippen MR) is 114 cm³/mol. The van der Waals surface area contributed by atoms with Crippen LogP contribution in [-0.2, 0) is 0 Å². The van der Waals surface area contributed by atoms with E-state index < -0.39 is 33.3 Å². The molecular weight excluding hydrogens is 443 g/mol. The minimum atomic E-state index is -1.33.